The number of sulfonamides is 1. The maximum atomic E-state index is 12.0. The second kappa shape index (κ2) is 4.47. The van der Waals surface area contributed by atoms with Gasteiger partial charge in [-0.05, 0) is 37.8 Å². The maximum absolute atomic E-state index is 12.0. The molecular weight excluding hydrogens is 236 g/mol. The third-order valence-electron chi connectivity index (χ3n) is 2.85. The topological polar surface area (TPSA) is 70.0 Å². The zero-order valence-electron chi connectivity index (χ0n) is 9.55. The van der Waals surface area contributed by atoms with Gasteiger partial charge in [-0.15, -0.1) is 0 Å². The summed E-state index contributed by atoms with van der Waals surface area (Å²) < 4.78 is 26.4. The van der Waals surface area contributed by atoms with Crippen LogP contribution in [-0.4, -0.2) is 14.5 Å². The van der Waals surface area contributed by atoms with E-state index < -0.39 is 16.1 Å². The molecule has 0 aliphatic heterocycles. The molecule has 1 unspecified atom stereocenters. The van der Waals surface area contributed by atoms with E-state index in [1.807, 2.05) is 13.0 Å². The second-order valence-corrected chi connectivity index (χ2v) is 6.09. The number of hydrogen-bond donors (Lipinski definition) is 1. The Morgan fingerprint density at radius 3 is 2.41 bits per heavy atom. The summed E-state index contributed by atoms with van der Waals surface area (Å²) >= 11 is 0. The average molecular weight is 250 g/mol. The van der Waals surface area contributed by atoms with Crippen molar-refractivity contribution < 1.29 is 8.42 Å². The molecule has 0 amide bonds. The Bertz CT molecular complexity index is 539. The van der Waals surface area contributed by atoms with Crippen LogP contribution < -0.4 is 4.72 Å². The van der Waals surface area contributed by atoms with Gasteiger partial charge in [0.25, 0.3) is 0 Å². The number of hydrogen-bond acceptors (Lipinski definition) is 3. The molecule has 0 saturated heterocycles. The third kappa shape index (κ3) is 2.84. The molecule has 0 bridgehead atoms. The number of nitrogens with one attached hydrogen (secondary N) is 1. The molecule has 1 aromatic carbocycles. The Hall–Kier alpha value is -1.38. The van der Waals surface area contributed by atoms with Gasteiger partial charge in [-0.1, -0.05) is 17.7 Å². The van der Waals surface area contributed by atoms with E-state index >= 15 is 0 Å². The lowest BCUT2D eigenvalue weighted by molar-refractivity contribution is 0.560. The van der Waals surface area contributed by atoms with E-state index in [1.54, 1.807) is 24.3 Å². The van der Waals surface area contributed by atoms with Crippen LogP contribution in [0.25, 0.3) is 0 Å². The quantitative estimate of drug-likeness (QED) is 0.882. The summed E-state index contributed by atoms with van der Waals surface area (Å²) in [5.74, 6) is 0.181. The van der Waals surface area contributed by atoms with Crippen molar-refractivity contribution in [2.45, 2.75) is 30.7 Å². The van der Waals surface area contributed by atoms with Crippen molar-refractivity contribution in [1.29, 1.82) is 5.26 Å². The Kier molecular flexibility index (Phi) is 3.18. The Labute approximate surface area is 101 Å². The molecule has 0 spiro atoms. The third-order valence-corrected chi connectivity index (χ3v) is 4.30. The summed E-state index contributed by atoms with van der Waals surface area (Å²) in [7, 11) is -3.57. The van der Waals surface area contributed by atoms with Crippen LogP contribution in [0.5, 0.6) is 0 Å². The van der Waals surface area contributed by atoms with E-state index in [2.05, 4.69) is 4.72 Å². The molecule has 1 saturated carbocycles. The molecule has 1 N–H and O–H groups in total. The first-order chi connectivity index (χ1) is 8.03. The largest absolute Gasteiger partial charge is 0.241 e. The molecule has 1 aliphatic rings. The maximum Gasteiger partial charge on any atom is 0.241 e. The summed E-state index contributed by atoms with van der Waals surface area (Å²) in [6, 6.07) is 8.01. The van der Waals surface area contributed by atoms with E-state index in [1.165, 1.54) is 0 Å². The smallest absolute Gasteiger partial charge is 0.207 e. The van der Waals surface area contributed by atoms with Crippen molar-refractivity contribution >= 4 is 10.0 Å². The van der Waals surface area contributed by atoms with Gasteiger partial charge in [-0.2, -0.15) is 9.98 Å². The van der Waals surface area contributed by atoms with Crippen molar-refractivity contribution in [3.05, 3.63) is 29.8 Å². The summed E-state index contributed by atoms with van der Waals surface area (Å²) in [5, 5.41) is 8.91. The fourth-order valence-corrected chi connectivity index (χ4v) is 2.82. The molecule has 17 heavy (non-hydrogen) atoms. The lowest BCUT2D eigenvalue weighted by atomic mass is 10.2. The molecule has 2 rings (SSSR count). The van der Waals surface area contributed by atoms with Crippen molar-refractivity contribution in [3.8, 4) is 6.07 Å². The van der Waals surface area contributed by atoms with Gasteiger partial charge in [0.05, 0.1) is 11.0 Å². The highest BCUT2D eigenvalue weighted by Crippen LogP contribution is 2.33. The van der Waals surface area contributed by atoms with Crippen LogP contribution in [0.4, 0.5) is 0 Å². The molecule has 0 aromatic heterocycles. The lowest BCUT2D eigenvalue weighted by Gasteiger charge is -2.11. The number of aryl methyl sites for hydroxylation is 1. The van der Waals surface area contributed by atoms with Gasteiger partial charge in [0, 0.05) is 0 Å². The molecular formula is C12H14N2O2S. The molecule has 5 heteroatoms. The van der Waals surface area contributed by atoms with E-state index in [9.17, 15) is 8.42 Å². The van der Waals surface area contributed by atoms with Gasteiger partial charge in [-0.3, -0.25) is 0 Å². The summed E-state index contributed by atoms with van der Waals surface area (Å²) in [6.07, 6.45) is 1.85. The van der Waals surface area contributed by atoms with Crippen LogP contribution in [0.1, 0.15) is 18.4 Å². The van der Waals surface area contributed by atoms with Crippen molar-refractivity contribution in [2.24, 2.45) is 5.92 Å². The van der Waals surface area contributed by atoms with Crippen LogP contribution in [0.3, 0.4) is 0 Å². The molecule has 4 nitrogen and oxygen atoms in total. The fraction of sp³-hybridized carbons (Fsp3) is 0.417. The van der Waals surface area contributed by atoms with Gasteiger partial charge in [-0.25, -0.2) is 8.42 Å². The van der Waals surface area contributed by atoms with Crippen LogP contribution in [0.15, 0.2) is 29.2 Å². The molecule has 1 fully saturated rings. The first-order valence-electron chi connectivity index (χ1n) is 5.51. The number of benzene rings is 1. The molecule has 1 atom stereocenters. The Morgan fingerprint density at radius 2 is 1.94 bits per heavy atom. The lowest BCUT2D eigenvalue weighted by Crippen LogP contribution is -2.35. The monoisotopic (exact) mass is 250 g/mol. The Balaban J connectivity index is 2.18. The van der Waals surface area contributed by atoms with Gasteiger partial charge < -0.3 is 0 Å². The highest BCUT2D eigenvalue weighted by Gasteiger charge is 2.34. The van der Waals surface area contributed by atoms with Crippen molar-refractivity contribution in [1.82, 2.24) is 4.72 Å². The molecule has 0 radical (unpaired) electrons. The SMILES string of the molecule is Cc1ccc(S(=O)(=O)NC(C#N)C2CC2)cc1. The van der Waals surface area contributed by atoms with E-state index in [4.69, 9.17) is 5.26 Å². The molecule has 1 aliphatic carbocycles. The highest BCUT2D eigenvalue weighted by atomic mass is 32.2. The van der Waals surface area contributed by atoms with Gasteiger partial charge in [0.15, 0.2) is 0 Å². The summed E-state index contributed by atoms with van der Waals surface area (Å²) in [6.45, 7) is 1.89. The van der Waals surface area contributed by atoms with Crippen molar-refractivity contribution in [2.75, 3.05) is 0 Å². The molecule has 1 aromatic rings. The van der Waals surface area contributed by atoms with Crippen LogP contribution in [-0.2, 0) is 10.0 Å². The summed E-state index contributed by atoms with van der Waals surface area (Å²) in [5.41, 5.74) is 1.00. The van der Waals surface area contributed by atoms with E-state index in [-0.39, 0.29) is 10.8 Å². The number of nitriles is 1. The second-order valence-electron chi connectivity index (χ2n) is 4.38. The molecule has 0 heterocycles. The van der Waals surface area contributed by atoms with Gasteiger partial charge >= 0.3 is 0 Å². The first-order valence-corrected chi connectivity index (χ1v) is 7.00. The predicted octanol–water partition coefficient (Wildman–Crippen LogP) is 1.58. The zero-order valence-corrected chi connectivity index (χ0v) is 10.4. The summed E-state index contributed by atoms with van der Waals surface area (Å²) in [4.78, 5) is 0.212. The first kappa shape index (κ1) is 12.1. The van der Waals surface area contributed by atoms with Crippen LogP contribution >= 0.6 is 0 Å². The standard InChI is InChI=1S/C12H14N2O2S/c1-9-2-6-11(7-3-9)17(15,16)14-12(8-13)10-4-5-10/h2-3,6-7,10,12,14H,4-5H2,1H3. The minimum Gasteiger partial charge on any atom is -0.207 e. The molecule has 90 valence electrons. The normalized spacial score (nSPS) is 17.4. The van der Waals surface area contributed by atoms with Crippen LogP contribution in [0, 0.1) is 24.2 Å². The minimum atomic E-state index is -3.57. The predicted molar refractivity (Wildman–Crippen MR) is 63.6 cm³/mol. The van der Waals surface area contributed by atoms with Gasteiger partial charge in [0.1, 0.15) is 6.04 Å². The van der Waals surface area contributed by atoms with Gasteiger partial charge in [0.2, 0.25) is 10.0 Å². The fourth-order valence-electron chi connectivity index (χ4n) is 1.61. The van der Waals surface area contributed by atoms with Crippen LogP contribution in [0.2, 0.25) is 0 Å². The van der Waals surface area contributed by atoms with Crippen molar-refractivity contribution in [3.63, 3.8) is 0 Å². The Morgan fingerprint density at radius 1 is 1.35 bits per heavy atom. The highest BCUT2D eigenvalue weighted by molar-refractivity contribution is 7.89. The zero-order chi connectivity index (χ0) is 12.5. The number of nitrogens with zero attached hydrogens (tertiary/aromatic N) is 1. The minimum absolute atomic E-state index is 0.181. The van der Waals surface area contributed by atoms with E-state index in [0.717, 1.165) is 18.4 Å². The number of rotatable bonds is 4. The van der Waals surface area contributed by atoms with E-state index in [0.29, 0.717) is 0 Å². The average Bonchev–Trinajstić information content (AvgIpc) is 3.10.